The molecule has 0 atom stereocenters. The van der Waals surface area contributed by atoms with E-state index in [-0.39, 0.29) is 12.3 Å². The van der Waals surface area contributed by atoms with Crippen molar-refractivity contribution in [2.45, 2.75) is 12.8 Å². The van der Waals surface area contributed by atoms with Crippen LogP contribution in [0.4, 0.5) is 5.13 Å². The first-order valence-electron chi connectivity index (χ1n) is 8.33. The van der Waals surface area contributed by atoms with Crippen molar-refractivity contribution in [1.29, 1.82) is 0 Å². The Kier molecular flexibility index (Phi) is 4.80. The Balaban J connectivity index is 1.37. The predicted molar refractivity (Wildman–Crippen MR) is 103 cm³/mol. The fraction of sp³-hybridized carbons (Fsp3) is 0.158. The molecule has 0 spiro atoms. The number of amides is 1. The first-order valence-corrected chi connectivity index (χ1v) is 9.15. The van der Waals surface area contributed by atoms with E-state index in [1.165, 1.54) is 11.3 Å². The lowest BCUT2D eigenvalue weighted by Crippen LogP contribution is -2.12. The second kappa shape index (κ2) is 7.55. The Morgan fingerprint density at radius 2 is 2.04 bits per heavy atom. The first-order chi connectivity index (χ1) is 13.2. The van der Waals surface area contributed by atoms with Crippen LogP contribution in [0.25, 0.3) is 21.7 Å². The lowest BCUT2D eigenvalue weighted by atomic mass is 10.2. The van der Waals surface area contributed by atoms with Crippen LogP contribution >= 0.6 is 11.3 Å². The van der Waals surface area contributed by atoms with Gasteiger partial charge in [-0.3, -0.25) is 4.79 Å². The van der Waals surface area contributed by atoms with Crippen molar-refractivity contribution in [3.05, 3.63) is 54.4 Å². The number of hydrogen-bond donors (Lipinski definition) is 1. The summed E-state index contributed by atoms with van der Waals surface area (Å²) in [6, 6.07) is 15.1. The number of anilines is 1. The van der Waals surface area contributed by atoms with Gasteiger partial charge in [0.05, 0.1) is 17.3 Å². The molecule has 4 rings (SSSR count). The second-order valence-electron chi connectivity index (χ2n) is 5.77. The molecule has 1 amide bonds. The van der Waals surface area contributed by atoms with E-state index in [0.29, 0.717) is 23.3 Å². The molecule has 0 aliphatic carbocycles. The molecule has 1 N–H and O–H groups in total. The molecule has 2 aromatic carbocycles. The zero-order chi connectivity index (χ0) is 18.6. The lowest BCUT2D eigenvalue weighted by Gasteiger charge is -1.99. The summed E-state index contributed by atoms with van der Waals surface area (Å²) < 4.78 is 11.8. The third kappa shape index (κ3) is 3.95. The number of aromatic nitrogens is 3. The number of benzene rings is 2. The van der Waals surface area contributed by atoms with E-state index in [2.05, 4.69) is 20.5 Å². The van der Waals surface area contributed by atoms with Crippen molar-refractivity contribution >= 4 is 32.6 Å². The summed E-state index contributed by atoms with van der Waals surface area (Å²) in [7, 11) is 1.62. The summed E-state index contributed by atoms with van der Waals surface area (Å²) >= 11 is 1.40. The van der Waals surface area contributed by atoms with Crippen LogP contribution in [0.3, 0.4) is 0 Å². The lowest BCUT2D eigenvalue weighted by molar-refractivity contribution is -0.116. The Hall–Kier alpha value is -3.26. The fourth-order valence-corrected chi connectivity index (χ4v) is 3.45. The van der Waals surface area contributed by atoms with E-state index in [9.17, 15) is 4.79 Å². The van der Waals surface area contributed by atoms with Crippen molar-refractivity contribution in [3.63, 3.8) is 0 Å². The third-order valence-electron chi connectivity index (χ3n) is 3.90. The summed E-state index contributed by atoms with van der Waals surface area (Å²) in [6.45, 7) is 0. The van der Waals surface area contributed by atoms with Gasteiger partial charge < -0.3 is 14.5 Å². The van der Waals surface area contributed by atoms with E-state index < -0.39 is 0 Å². The van der Waals surface area contributed by atoms with Gasteiger partial charge >= 0.3 is 0 Å². The van der Waals surface area contributed by atoms with E-state index in [4.69, 9.17) is 9.15 Å². The Morgan fingerprint density at radius 1 is 1.19 bits per heavy atom. The van der Waals surface area contributed by atoms with Crippen molar-refractivity contribution in [3.8, 4) is 17.2 Å². The minimum absolute atomic E-state index is 0.152. The van der Waals surface area contributed by atoms with Crippen molar-refractivity contribution in [1.82, 2.24) is 15.2 Å². The third-order valence-corrected chi connectivity index (χ3v) is 4.83. The molecule has 8 heteroatoms. The minimum atomic E-state index is -0.152. The zero-order valence-electron chi connectivity index (χ0n) is 14.5. The van der Waals surface area contributed by atoms with Gasteiger partial charge in [0.15, 0.2) is 5.13 Å². The Morgan fingerprint density at radius 3 is 2.85 bits per heavy atom. The van der Waals surface area contributed by atoms with Gasteiger partial charge in [0, 0.05) is 18.4 Å². The monoisotopic (exact) mass is 380 g/mol. The van der Waals surface area contributed by atoms with Gasteiger partial charge in [0.2, 0.25) is 17.7 Å². The standard InChI is InChI=1S/C19H16N4O3S/c1-25-13-7-8-14-15(11-13)27-19(20-14)21-16(24)9-10-17-22-23-18(26-17)12-5-3-2-4-6-12/h2-8,11H,9-10H2,1H3,(H,20,21,24). The number of rotatable bonds is 6. The molecule has 0 unspecified atom stereocenters. The van der Waals surface area contributed by atoms with Crippen LogP contribution in [0.15, 0.2) is 52.9 Å². The average molecular weight is 380 g/mol. The quantitative estimate of drug-likeness (QED) is 0.545. The van der Waals surface area contributed by atoms with E-state index in [1.807, 2.05) is 48.5 Å². The van der Waals surface area contributed by atoms with Crippen LogP contribution < -0.4 is 10.1 Å². The van der Waals surface area contributed by atoms with Gasteiger partial charge in [-0.1, -0.05) is 29.5 Å². The van der Waals surface area contributed by atoms with Gasteiger partial charge in [-0.05, 0) is 30.3 Å². The molecule has 2 aromatic heterocycles. The highest BCUT2D eigenvalue weighted by Crippen LogP contribution is 2.29. The predicted octanol–water partition coefficient (Wildman–Crippen LogP) is 3.93. The number of carbonyl (C=O) groups is 1. The molecular weight excluding hydrogens is 364 g/mol. The van der Waals surface area contributed by atoms with E-state index in [1.54, 1.807) is 7.11 Å². The number of thiazole rings is 1. The second-order valence-corrected chi connectivity index (χ2v) is 6.80. The number of fused-ring (bicyclic) bond motifs is 1. The smallest absolute Gasteiger partial charge is 0.247 e. The molecule has 0 radical (unpaired) electrons. The largest absolute Gasteiger partial charge is 0.497 e. The summed E-state index contributed by atoms with van der Waals surface area (Å²) in [6.07, 6.45) is 0.597. The van der Waals surface area contributed by atoms with Crippen molar-refractivity contribution in [2.24, 2.45) is 0 Å². The number of aryl methyl sites for hydroxylation is 1. The molecule has 0 saturated carbocycles. The maximum atomic E-state index is 12.2. The van der Waals surface area contributed by atoms with Gasteiger partial charge in [0.1, 0.15) is 5.75 Å². The fourth-order valence-electron chi connectivity index (χ4n) is 2.54. The summed E-state index contributed by atoms with van der Waals surface area (Å²) in [4.78, 5) is 16.6. The molecule has 4 aromatic rings. The maximum Gasteiger partial charge on any atom is 0.247 e. The van der Waals surface area contributed by atoms with Crippen molar-refractivity contribution in [2.75, 3.05) is 12.4 Å². The summed E-state index contributed by atoms with van der Waals surface area (Å²) in [5.74, 6) is 1.49. The highest BCUT2D eigenvalue weighted by atomic mass is 32.1. The zero-order valence-corrected chi connectivity index (χ0v) is 15.3. The highest BCUT2D eigenvalue weighted by Gasteiger charge is 2.12. The number of hydrogen-bond acceptors (Lipinski definition) is 7. The van der Waals surface area contributed by atoms with Crippen LogP contribution in [0.1, 0.15) is 12.3 Å². The van der Waals surface area contributed by atoms with Gasteiger partial charge in [-0.2, -0.15) is 0 Å². The van der Waals surface area contributed by atoms with E-state index in [0.717, 1.165) is 21.5 Å². The highest BCUT2D eigenvalue weighted by molar-refractivity contribution is 7.22. The number of nitrogens with one attached hydrogen (secondary N) is 1. The molecule has 136 valence electrons. The number of carbonyl (C=O) groups excluding carboxylic acids is 1. The van der Waals surface area contributed by atoms with Crippen LogP contribution in [-0.4, -0.2) is 28.2 Å². The number of ether oxygens (including phenoxy) is 1. The number of nitrogens with zero attached hydrogens (tertiary/aromatic N) is 3. The first kappa shape index (κ1) is 17.2. The molecular formula is C19H16N4O3S. The topological polar surface area (TPSA) is 90.1 Å². The average Bonchev–Trinajstić information content (AvgIpc) is 3.33. The van der Waals surface area contributed by atoms with Gasteiger partial charge in [0.25, 0.3) is 0 Å². The molecule has 27 heavy (non-hydrogen) atoms. The maximum absolute atomic E-state index is 12.2. The summed E-state index contributed by atoms with van der Waals surface area (Å²) in [5, 5.41) is 11.4. The molecule has 0 saturated heterocycles. The van der Waals surface area contributed by atoms with Crippen molar-refractivity contribution < 1.29 is 13.9 Å². The molecule has 0 fully saturated rings. The Bertz CT molecular complexity index is 1070. The molecule has 0 aliphatic rings. The Labute approximate surface area is 159 Å². The molecule has 7 nitrogen and oxygen atoms in total. The van der Waals surface area contributed by atoms with Crippen LogP contribution in [0, 0.1) is 0 Å². The van der Waals surface area contributed by atoms with Crippen LogP contribution in [0.5, 0.6) is 5.75 Å². The van der Waals surface area contributed by atoms with Gasteiger partial charge in [-0.25, -0.2) is 4.98 Å². The SMILES string of the molecule is COc1ccc2nc(NC(=O)CCc3nnc(-c4ccccc4)o3)sc2c1. The number of methoxy groups -OCH3 is 1. The molecule has 0 bridgehead atoms. The summed E-state index contributed by atoms with van der Waals surface area (Å²) in [5.41, 5.74) is 1.67. The minimum Gasteiger partial charge on any atom is -0.497 e. The van der Waals surface area contributed by atoms with Crippen LogP contribution in [0.2, 0.25) is 0 Å². The normalized spacial score (nSPS) is 10.9. The molecule has 2 heterocycles. The van der Waals surface area contributed by atoms with Gasteiger partial charge in [-0.15, -0.1) is 10.2 Å². The van der Waals surface area contributed by atoms with E-state index >= 15 is 0 Å². The van der Waals surface area contributed by atoms with Crippen LogP contribution in [-0.2, 0) is 11.2 Å². The molecule has 0 aliphatic heterocycles.